The van der Waals surface area contributed by atoms with E-state index in [1.54, 1.807) is 4.57 Å². The summed E-state index contributed by atoms with van der Waals surface area (Å²) in [7, 11) is 3.72. The number of nitrogens with two attached hydrogens (primary N) is 1. The molecule has 1 saturated heterocycles. The van der Waals surface area contributed by atoms with Gasteiger partial charge in [0, 0.05) is 14.1 Å². The Bertz CT molecular complexity index is 651. The first kappa shape index (κ1) is 16.8. The quantitative estimate of drug-likeness (QED) is 0.647. The van der Waals surface area contributed by atoms with Crippen LogP contribution in [0.1, 0.15) is 6.23 Å². The Balaban J connectivity index is 0.00000176. The van der Waals surface area contributed by atoms with Gasteiger partial charge in [0.05, 0.1) is 19.0 Å². The van der Waals surface area contributed by atoms with E-state index in [2.05, 4.69) is 15.0 Å². The molecule has 9 nitrogen and oxygen atoms in total. The molecule has 0 unspecified atom stereocenters. The lowest BCUT2D eigenvalue weighted by molar-refractivity contribution is -0.0488. The third-order valence-corrected chi connectivity index (χ3v) is 3.65. The standard InChI is InChI=1S/C12H18N6O3.ClH/c1-17(2)10-8-11(15-4-14-10)18(5-16-8)12-9(20)7(13)6(3-19)21-12;/h4-7,9,12,19-20H,3,13H2,1-2H3;1H/t6-,7-,9-,12-;/m1./s1. The predicted octanol–water partition coefficient (Wildman–Crippen LogP) is -1.11. The molecular weight excluding hydrogens is 312 g/mol. The molecule has 0 amide bonds. The maximum absolute atomic E-state index is 10.2. The highest BCUT2D eigenvalue weighted by atomic mass is 35.5. The van der Waals surface area contributed by atoms with Gasteiger partial charge in [0.25, 0.3) is 0 Å². The lowest BCUT2D eigenvalue weighted by atomic mass is 10.1. The summed E-state index contributed by atoms with van der Waals surface area (Å²) in [5.74, 6) is 0.675. The van der Waals surface area contributed by atoms with Crippen molar-refractivity contribution in [3.05, 3.63) is 12.7 Å². The molecule has 0 radical (unpaired) electrons. The minimum Gasteiger partial charge on any atom is -0.394 e. The highest BCUT2D eigenvalue weighted by molar-refractivity contribution is 5.85. The lowest BCUT2D eigenvalue weighted by Gasteiger charge is -2.17. The minimum absolute atomic E-state index is 0. The van der Waals surface area contributed by atoms with Gasteiger partial charge in [-0.3, -0.25) is 4.57 Å². The van der Waals surface area contributed by atoms with Crippen molar-refractivity contribution < 1.29 is 14.9 Å². The maximum Gasteiger partial charge on any atom is 0.167 e. The van der Waals surface area contributed by atoms with Gasteiger partial charge < -0.3 is 25.6 Å². The summed E-state index contributed by atoms with van der Waals surface area (Å²) in [4.78, 5) is 14.5. The molecule has 0 aliphatic carbocycles. The molecule has 0 bridgehead atoms. The number of fused-ring (bicyclic) bond motifs is 1. The van der Waals surface area contributed by atoms with E-state index < -0.39 is 24.5 Å². The molecule has 2 aromatic rings. The Hall–Kier alpha value is -1.52. The van der Waals surface area contributed by atoms with Gasteiger partial charge >= 0.3 is 0 Å². The highest BCUT2D eigenvalue weighted by Crippen LogP contribution is 2.31. The Morgan fingerprint density at radius 2 is 2.09 bits per heavy atom. The molecule has 22 heavy (non-hydrogen) atoms. The lowest BCUT2D eigenvalue weighted by Crippen LogP contribution is -2.41. The molecule has 122 valence electrons. The first-order valence-corrected chi connectivity index (χ1v) is 6.59. The second kappa shape index (κ2) is 6.31. The van der Waals surface area contributed by atoms with E-state index in [0.717, 1.165) is 0 Å². The van der Waals surface area contributed by atoms with E-state index in [4.69, 9.17) is 10.5 Å². The number of hydrogen-bond donors (Lipinski definition) is 3. The largest absolute Gasteiger partial charge is 0.394 e. The van der Waals surface area contributed by atoms with E-state index in [0.29, 0.717) is 17.0 Å². The second-order valence-corrected chi connectivity index (χ2v) is 5.23. The van der Waals surface area contributed by atoms with Crippen molar-refractivity contribution >= 4 is 29.4 Å². The van der Waals surface area contributed by atoms with Crippen LogP contribution in [-0.2, 0) is 4.74 Å². The monoisotopic (exact) mass is 330 g/mol. The summed E-state index contributed by atoms with van der Waals surface area (Å²) in [5, 5.41) is 19.4. The molecule has 3 heterocycles. The van der Waals surface area contributed by atoms with Crippen molar-refractivity contribution in [2.45, 2.75) is 24.5 Å². The Kier molecular flexibility index (Phi) is 4.83. The summed E-state index contributed by atoms with van der Waals surface area (Å²) in [5.41, 5.74) is 7.00. The third-order valence-electron chi connectivity index (χ3n) is 3.65. The van der Waals surface area contributed by atoms with Crippen LogP contribution < -0.4 is 10.6 Å². The molecule has 2 aromatic heterocycles. The molecule has 4 atom stereocenters. The zero-order valence-electron chi connectivity index (χ0n) is 12.2. The van der Waals surface area contributed by atoms with Crippen LogP contribution in [0.25, 0.3) is 11.2 Å². The summed E-state index contributed by atoms with van der Waals surface area (Å²) in [6.45, 7) is -0.251. The zero-order valence-corrected chi connectivity index (χ0v) is 13.0. The number of imidazole rings is 1. The smallest absolute Gasteiger partial charge is 0.167 e. The van der Waals surface area contributed by atoms with Crippen LogP contribution in [0.2, 0.25) is 0 Å². The number of ether oxygens (including phenoxy) is 1. The summed E-state index contributed by atoms with van der Waals surface area (Å²) in [6.07, 6.45) is 0.676. The average molecular weight is 331 g/mol. The predicted molar refractivity (Wildman–Crippen MR) is 81.9 cm³/mol. The van der Waals surface area contributed by atoms with Gasteiger partial charge in [-0.15, -0.1) is 12.4 Å². The van der Waals surface area contributed by atoms with E-state index in [9.17, 15) is 10.2 Å². The number of hydrogen-bond acceptors (Lipinski definition) is 8. The number of anilines is 1. The van der Waals surface area contributed by atoms with E-state index >= 15 is 0 Å². The van der Waals surface area contributed by atoms with Gasteiger partial charge in [-0.1, -0.05) is 0 Å². The van der Waals surface area contributed by atoms with Crippen LogP contribution in [0.3, 0.4) is 0 Å². The Morgan fingerprint density at radius 3 is 2.68 bits per heavy atom. The molecule has 1 fully saturated rings. The minimum atomic E-state index is -0.947. The Labute approximate surface area is 133 Å². The van der Waals surface area contributed by atoms with Crippen molar-refractivity contribution in [3.63, 3.8) is 0 Å². The number of aromatic nitrogens is 4. The van der Waals surface area contributed by atoms with Crippen LogP contribution in [0.15, 0.2) is 12.7 Å². The normalized spacial score (nSPS) is 27.9. The fraction of sp³-hybridized carbons (Fsp3) is 0.583. The number of halogens is 1. The SMILES string of the molecule is CN(C)c1ncnc2c1ncn2[C@@H]1O[C@H](CO)[C@@H](N)[C@H]1O.Cl. The van der Waals surface area contributed by atoms with E-state index in [1.807, 2.05) is 19.0 Å². The van der Waals surface area contributed by atoms with Crippen molar-refractivity contribution in [1.82, 2.24) is 19.5 Å². The van der Waals surface area contributed by atoms with Gasteiger partial charge in [0.2, 0.25) is 0 Å². The highest BCUT2D eigenvalue weighted by Gasteiger charge is 2.42. The van der Waals surface area contributed by atoms with Crippen molar-refractivity contribution in [2.75, 3.05) is 25.6 Å². The molecule has 0 aromatic carbocycles. The van der Waals surface area contributed by atoms with Gasteiger partial charge in [-0.05, 0) is 0 Å². The van der Waals surface area contributed by atoms with Gasteiger partial charge in [0.15, 0.2) is 23.2 Å². The summed E-state index contributed by atoms with van der Waals surface area (Å²) >= 11 is 0. The molecule has 0 spiro atoms. The molecule has 0 saturated carbocycles. The molecular formula is C12H19ClN6O3. The topological polar surface area (TPSA) is 123 Å². The van der Waals surface area contributed by atoms with Gasteiger partial charge in [-0.25, -0.2) is 15.0 Å². The van der Waals surface area contributed by atoms with Crippen LogP contribution >= 0.6 is 12.4 Å². The molecule has 1 aliphatic heterocycles. The van der Waals surface area contributed by atoms with Crippen LogP contribution in [0, 0.1) is 0 Å². The first-order chi connectivity index (χ1) is 10.0. The second-order valence-electron chi connectivity index (χ2n) is 5.23. The van der Waals surface area contributed by atoms with Crippen molar-refractivity contribution in [1.29, 1.82) is 0 Å². The molecule has 3 rings (SSSR count). The Morgan fingerprint density at radius 1 is 1.36 bits per heavy atom. The van der Waals surface area contributed by atoms with Crippen LogP contribution in [-0.4, -0.2) is 68.7 Å². The van der Waals surface area contributed by atoms with E-state index in [-0.39, 0.29) is 19.0 Å². The fourth-order valence-corrected chi connectivity index (χ4v) is 2.51. The number of aliphatic hydroxyl groups excluding tert-OH is 2. The number of rotatable bonds is 3. The number of nitrogens with zero attached hydrogens (tertiary/aromatic N) is 5. The van der Waals surface area contributed by atoms with Gasteiger partial charge in [-0.2, -0.15) is 0 Å². The summed E-state index contributed by atoms with van der Waals surface area (Å²) in [6, 6.07) is -0.660. The zero-order chi connectivity index (χ0) is 15.1. The number of aliphatic hydroxyl groups is 2. The first-order valence-electron chi connectivity index (χ1n) is 6.59. The van der Waals surface area contributed by atoms with Crippen molar-refractivity contribution in [3.8, 4) is 0 Å². The average Bonchev–Trinajstić information content (AvgIpc) is 3.01. The molecule has 10 heteroatoms. The van der Waals surface area contributed by atoms with Crippen LogP contribution in [0.4, 0.5) is 5.82 Å². The fourth-order valence-electron chi connectivity index (χ4n) is 2.51. The van der Waals surface area contributed by atoms with Crippen LogP contribution in [0.5, 0.6) is 0 Å². The summed E-state index contributed by atoms with van der Waals surface area (Å²) < 4.78 is 7.23. The third kappa shape index (κ3) is 2.50. The molecule has 1 aliphatic rings. The van der Waals surface area contributed by atoms with Crippen molar-refractivity contribution in [2.24, 2.45) is 5.73 Å². The van der Waals surface area contributed by atoms with Gasteiger partial charge in [0.1, 0.15) is 18.5 Å². The van der Waals surface area contributed by atoms with E-state index in [1.165, 1.54) is 12.7 Å². The maximum atomic E-state index is 10.2. The molecule has 4 N–H and O–H groups in total.